The van der Waals surface area contributed by atoms with E-state index in [1.807, 2.05) is 0 Å². The number of likely N-dealkylation sites (N-methyl/N-ethyl adjacent to an activating group) is 1. The van der Waals surface area contributed by atoms with Gasteiger partial charge in [-0.3, -0.25) is 0 Å². The molecule has 0 aliphatic rings. The summed E-state index contributed by atoms with van der Waals surface area (Å²) in [7, 11) is 1.62. The summed E-state index contributed by atoms with van der Waals surface area (Å²) < 4.78 is 39.7. The van der Waals surface area contributed by atoms with Crippen molar-refractivity contribution in [2.75, 3.05) is 7.05 Å². The van der Waals surface area contributed by atoms with Crippen molar-refractivity contribution < 1.29 is 13.2 Å². The zero-order valence-corrected chi connectivity index (χ0v) is 9.67. The van der Waals surface area contributed by atoms with E-state index in [-0.39, 0.29) is 5.56 Å². The summed E-state index contributed by atoms with van der Waals surface area (Å²) in [5.74, 6) is -3.17. The predicted octanol–water partition coefficient (Wildman–Crippen LogP) is 2.33. The number of nitrogens with zero attached hydrogens (tertiary/aromatic N) is 1. The zero-order valence-electron chi connectivity index (χ0n) is 9.67. The Morgan fingerprint density at radius 3 is 2.67 bits per heavy atom. The maximum atomic E-state index is 13.6. The minimum Gasteiger partial charge on any atom is -0.349 e. The van der Waals surface area contributed by atoms with Crippen molar-refractivity contribution in [3.63, 3.8) is 0 Å². The van der Waals surface area contributed by atoms with Gasteiger partial charge in [-0.25, -0.2) is 18.2 Å². The fourth-order valence-corrected chi connectivity index (χ4v) is 1.78. The Bertz CT molecular complexity index is 526. The van der Waals surface area contributed by atoms with Crippen molar-refractivity contribution in [3.05, 3.63) is 53.4 Å². The fraction of sp³-hybridized carbons (Fsp3) is 0.250. The number of aromatic amines is 1. The number of benzene rings is 1. The number of hydrogen-bond acceptors (Lipinski definition) is 2. The van der Waals surface area contributed by atoms with Gasteiger partial charge in [0.25, 0.3) is 0 Å². The molecule has 2 aromatic rings. The smallest absolute Gasteiger partial charge is 0.194 e. The van der Waals surface area contributed by atoms with Gasteiger partial charge < -0.3 is 10.3 Å². The van der Waals surface area contributed by atoms with Crippen LogP contribution in [-0.2, 0) is 6.42 Å². The van der Waals surface area contributed by atoms with E-state index in [0.717, 1.165) is 6.07 Å². The van der Waals surface area contributed by atoms with Crippen molar-refractivity contribution >= 4 is 0 Å². The van der Waals surface area contributed by atoms with Crippen molar-refractivity contribution in [2.45, 2.75) is 12.5 Å². The molecule has 0 radical (unpaired) electrons. The lowest BCUT2D eigenvalue weighted by atomic mass is 10.0. The van der Waals surface area contributed by atoms with Crippen LogP contribution in [-0.4, -0.2) is 17.0 Å². The summed E-state index contributed by atoms with van der Waals surface area (Å²) in [5, 5.41) is 2.86. The first-order valence-electron chi connectivity index (χ1n) is 5.42. The van der Waals surface area contributed by atoms with Crippen LogP contribution >= 0.6 is 0 Å². The van der Waals surface area contributed by atoms with Gasteiger partial charge in [0.2, 0.25) is 0 Å². The SMILES string of the molecule is CNC(Cc1ncc[nH]1)c1ccc(F)c(F)c1F. The van der Waals surface area contributed by atoms with E-state index >= 15 is 0 Å². The van der Waals surface area contributed by atoms with Crippen LogP contribution < -0.4 is 5.32 Å². The molecule has 6 heteroatoms. The van der Waals surface area contributed by atoms with Crippen molar-refractivity contribution in [1.82, 2.24) is 15.3 Å². The number of rotatable bonds is 4. The molecule has 1 aromatic heterocycles. The molecule has 0 aliphatic carbocycles. The van der Waals surface area contributed by atoms with Gasteiger partial charge in [0.15, 0.2) is 17.5 Å². The maximum absolute atomic E-state index is 13.6. The first-order chi connectivity index (χ1) is 8.63. The quantitative estimate of drug-likeness (QED) is 0.823. The molecule has 3 nitrogen and oxygen atoms in total. The lowest BCUT2D eigenvalue weighted by molar-refractivity contribution is 0.427. The van der Waals surface area contributed by atoms with Crippen molar-refractivity contribution in [3.8, 4) is 0 Å². The third-order valence-corrected chi connectivity index (χ3v) is 2.74. The highest BCUT2D eigenvalue weighted by molar-refractivity contribution is 5.24. The van der Waals surface area contributed by atoms with Crippen LogP contribution in [0.15, 0.2) is 24.5 Å². The number of hydrogen-bond donors (Lipinski definition) is 2. The van der Waals surface area contributed by atoms with E-state index in [9.17, 15) is 13.2 Å². The van der Waals surface area contributed by atoms with Crippen LogP contribution in [0.25, 0.3) is 0 Å². The average Bonchev–Trinajstić information content (AvgIpc) is 2.87. The minimum atomic E-state index is -1.45. The summed E-state index contributed by atoms with van der Waals surface area (Å²) in [6.07, 6.45) is 3.57. The van der Waals surface area contributed by atoms with Gasteiger partial charge in [0.05, 0.1) is 0 Å². The highest BCUT2D eigenvalue weighted by Gasteiger charge is 2.20. The second kappa shape index (κ2) is 5.22. The normalized spacial score (nSPS) is 12.7. The molecular formula is C12H12F3N3. The molecule has 18 heavy (non-hydrogen) atoms. The standard InChI is InChI=1S/C12H12F3N3/c1-16-9(6-10-17-4-5-18-10)7-2-3-8(13)12(15)11(7)14/h2-5,9,16H,6H2,1H3,(H,17,18). The van der Waals surface area contributed by atoms with Gasteiger partial charge >= 0.3 is 0 Å². The molecule has 0 spiro atoms. The molecule has 1 aromatic carbocycles. The Kier molecular flexibility index (Phi) is 3.66. The van der Waals surface area contributed by atoms with Crippen molar-refractivity contribution in [1.29, 1.82) is 0 Å². The fourth-order valence-electron chi connectivity index (χ4n) is 1.78. The van der Waals surface area contributed by atoms with Crippen LogP contribution in [0.4, 0.5) is 13.2 Å². The number of nitrogens with one attached hydrogen (secondary N) is 2. The highest BCUT2D eigenvalue weighted by atomic mass is 19.2. The molecule has 1 unspecified atom stereocenters. The molecule has 0 bridgehead atoms. The van der Waals surface area contributed by atoms with Crippen LogP contribution in [0.2, 0.25) is 0 Å². The van der Waals surface area contributed by atoms with E-state index in [0.29, 0.717) is 12.2 Å². The number of H-pyrrole nitrogens is 1. The molecule has 0 fully saturated rings. The van der Waals surface area contributed by atoms with Crippen molar-refractivity contribution in [2.24, 2.45) is 0 Å². The highest BCUT2D eigenvalue weighted by Crippen LogP contribution is 2.23. The summed E-state index contributed by atoms with van der Waals surface area (Å²) in [6.45, 7) is 0. The summed E-state index contributed by atoms with van der Waals surface area (Å²) in [6, 6.07) is 1.67. The first-order valence-corrected chi connectivity index (χ1v) is 5.42. The maximum Gasteiger partial charge on any atom is 0.194 e. The van der Waals surface area contributed by atoms with E-state index < -0.39 is 23.5 Å². The predicted molar refractivity (Wildman–Crippen MR) is 60.4 cm³/mol. The molecule has 2 N–H and O–H groups in total. The van der Waals surface area contributed by atoms with Crippen LogP contribution in [0.1, 0.15) is 17.4 Å². The van der Waals surface area contributed by atoms with Gasteiger partial charge in [0, 0.05) is 30.4 Å². The molecule has 96 valence electrons. The average molecular weight is 255 g/mol. The molecule has 1 atom stereocenters. The Balaban J connectivity index is 2.30. The van der Waals surface area contributed by atoms with Crippen LogP contribution in [0.5, 0.6) is 0 Å². The van der Waals surface area contributed by atoms with Crippen LogP contribution in [0, 0.1) is 17.5 Å². The second-order valence-electron chi connectivity index (χ2n) is 3.85. The van der Waals surface area contributed by atoms with Crippen LogP contribution in [0.3, 0.4) is 0 Å². The molecule has 1 heterocycles. The van der Waals surface area contributed by atoms with E-state index in [1.54, 1.807) is 19.4 Å². The Labute approximate surface area is 102 Å². The lowest BCUT2D eigenvalue weighted by Crippen LogP contribution is -2.21. The Hall–Kier alpha value is -1.82. The molecule has 0 saturated carbocycles. The lowest BCUT2D eigenvalue weighted by Gasteiger charge is -2.16. The topological polar surface area (TPSA) is 40.7 Å². The molecule has 2 rings (SSSR count). The summed E-state index contributed by atoms with van der Waals surface area (Å²) in [5.41, 5.74) is 0.0767. The van der Waals surface area contributed by atoms with Gasteiger partial charge in [-0.05, 0) is 13.1 Å². The van der Waals surface area contributed by atoms with E-state index in [1.165, 1.54) is 6.07 Å². The van der Waals surface area contributed by atoms with E-state index in [2.05, 4.69) is 15.3 Å². The monoisotopic (exact) mass is 255 g/mol. The Morgan fingerprint density at radius 1 is 1.28 bits per heavy atom. The number of aromatic nitrogens is 2. The molecule has 0 saturated heterocycles. The first kappa shape index (κ1) is 12.6. The Morgan fingerprint density at radius 2 is 2.06 bits per heavy atom. The number of imidazole rings is 1. The molecule has 0 aliphatic heterocycles. The second-order valence-corrected chi connectivity index (χ2v) is 3.85. The van der Waals surface area contributed by atoms with Gasteiger partial charge in [-0.15, -0.1) is 0 Å². The summed E-state index contributed by atoms with van der Waals surface area (Å²) >= 11 is 0. The molecular weight excluding hydrogens is 243 g/mol. The third-order valence-electron chi connectivity index (χ3n) is 2.74. The zero-order chi connectivity index (χ0) is 13.1. The van der Waals surface area contributed by atoms with E-state index in [4.69, 9.17) is 0 Å². The van der Waals surface area contributed by atoms with Gasteiger partial charge in [0.1, 0.15) is 5.82 Å². The minimum absolute atomic E-state index is 0.0767. The number of halogens is 3. The third kappa shape index (κ3) is 2.38. The molecule has 0 amide bonds. The van der Waals surface area contributed by atoms with Gasteiger partial charge in [-0.2, -0.15) is 0 Å². The largest absolute Gasteiger partial charge is 0.349 e. The summed E-state index contributed by atoms with van der Waals surface area (Å²) in [4.78, 5) is 6.89. The van der Waals surface area contributed by atoms with Gasteiger partial charge in [-0.1, -0.05) is 6.07 Å².